The number of anilines is 3. The molecule has 6 aromatic rings. The van der Waals surface area contributed by atoms with E-state index in [-0.39, 0.29) is 5.02 Å². The van der Waals surface area contributed by atoms with Crippen LogP contribution in [-0.4, -0.2) is 47.6 Å². The Morgan fingerprint density at radius 3 is 1.60 bits per heavy atom. The summed E-state index contributed by atoms with van der Waals surface area (Å²) in [7, 11) is 0. The zero-order valence-corrected chi connectivity index (χ0v) is 34.6. The van der Waals surface area contributed by atoms with Crippen molar-refractivity contribution in [3.8, 4) is 0 Å². The molecule has 0 aromatic heterocycles. The van der Waals surface area contributed by atoms with Crippen LogP contribution in [0.15, 0.2) is 166 Å². The van der Waals surface area contributed by atoms with Crippen LogP contribution in [0.4, 0.5) is 26.7 Å². The van der Waals surface area contributed by atoms with Gasteiger partial charge in [0.2, 0.25) is 12.3 Å². The molecule has 0 bridgehead atoms. The minimum absolute atomic E-state index is 0.209. The monoisotopic (exact) mass is 900 g/mol. The van der Waals surface area contributed by atoms with Crippen molar-refractivity contribution in [1.29, 1.82) is 0 Å². The normalized spacial score (nSPS) is 15.3. The lowest BCUT2D eigenvalue weighted by atomic mass is 10.0. The minimum atomic E-state index is -1.15. The largest absolute Gasteiger partial charge is 0.334 e. The van der Waals surface area contributed by atoms with Gasteiger partial charge in [0.15, 0.2) is 0 Å². The Kier molecular flexibility index (Phi) is 13.3. The van der Waals surface area contributed by atoms with Gasteiger partial charge in [-0.1, -0.05) is 154 Å². The summed E-state index contributed by atoms with van der Waals surface area (Å²) in [5.74, 6) is -0.854. The first kappa shape index (κ1) is 41.4. The number of hydrogen-bond donors (Lipinski definition) is 6. The maximum Gasteiger partial charge on any atom is 0.321 e. The lowest BCUT2D eigenvalue weighted by molar-refractivity contribution is -0.118. The first-order valence-electron chi connectivity index (χ1n) is 18.5. The van der Waals surface area contributed by atoms with Gasteiger partial charge in [-0.2, -0.15) is 0 Å². The number of rotatable bonds is 7. The van der Waals surface area contributed by atoms with Crippen LogP contribution in [0.1, 0.15) is 27.8 Å². The van der Waals surface area contributed by atoms with Gasteiger partial charge >= 0.3 is 12.1 Å². The van der Waals surface area contributed by atoms with Crippen LogP contribution in [0.25, 0.3) is 0 Å². The van der Waals surface area contributed by atoms with Crippen molar-refractivity contribution in [2.45, 2.75) is 18.9 Å². The van der Waals surface area contributed by atoms with Crippen molar-refractivity contribution in [3.63, 3.8) is 0 Å². The van der Waals surface area contributed by atoms with E-state index in [0.717, 1.165) is 32.3 Å². The Balaban J connectivity index is 0.000000181. The van der Waals surface area contributed by atoms with E-state index in [1.807, 2.05) is 127 Å². The summed E-state index contributed by atoms with van der Waals surface area (Å²) < 4.78 is 0.966. The molecule has 0 fully saturated rings. The number of carbonyl (C=O) groups excluding carboxylic acids is 4. The highest BCUT2D eigenvalue weighted by Gasteiger charge is 2.28. The lowest BCUT2D eigenvalue weighted by Crippen LogP contribution is -2.46. The number of benzodiazepines with no additional fused rings is 2. The predicted molar refractivity (Wildman–Crippen MR) is 240 cm³/mol. The van der Waals surface area contributed by atoms with E-state index in [2.05, 4.69) is 57.8 Å². The number of para-hydroxylation sites is 2. The molecule has 2 unspecified atom stereocenters. The fraction of sp³-hybridized carbons (Fsp3) is 0.0667. The third-order valence-electron chi connectivity index (χ3n) is 9.09. The zero-order chi connectivity index (χ0) is 42.0. The quantitative estimate of drug-likeness (QED) is 0.0943. The number of carbonyl (C=O) groups is 4. The van der Waals surface area contributed by atoms with Crippen molar-refractivity contribution in [3.05, 3.63) is 194 Å². The molecule has 6 N–H and O–H groups in total. The third kappa shape index (κ3) is 10.2. The summed E-state index contributed by atoms with van der Waals surface area (Å²) in [5, 5.41) is 16.8. The Morgan fingerprint density at radius 2 is 1.07 bits per heavy atom. The van der Waals surface area contributed by atoms with E-state index in [1.54, 1.807) is 24.3 Å². The molecule has 2 aliphatic heterocycles. The molecule has 0 saturated heterocycles. The van der Waals surface area contributed by atoms with Crippen LogP contribution < -0.4 is 31.9 Å². The lowest BCUT2D eigenvalue weighted by Gasteiger charge is -2.15. The molecular formula is C45H35BrCl2N8O4. The standard InChI is InChI=1S/C23H19BrN4O2.C22H16Cl2N4O2/c24-17-12-10-15(11-13-17)14-25-23(30)28-21-22(29)26-19-9-5-4-8-18(19)20(27-21)16-6-2-1-3-7-16;23-15-10-6-12-17(18(15)24)26-22(30)28-20-21(29)25-16-11-5-4-9-14(16)19(27-20)13-7-2-1-3-8-13/h1-13,21H,14H2,(H,26,29)(H2,25,28,30);1-12,20H,(H,25,29)(H2,26,28,30). The maximum absolute atomic E-state index is 12.8. The van der Waals surface area contributed by atoms with E-state index >= 15 is 0 Å². The van der Waals surface area contributed by atoms with E-state index in [0.29, 0.717) is 40.1 Å². The van der Waals surface area contributed by atoms with Crippen molar-refractivity contribution in [2.75, 3.05) is 16.0 Å². The molecule has 2 heterocycles. The Labute approximate surface area is 363 Å². The summed E-state index contributed by atoms with van der Waals surface area (Å²) in [5.41, 5.74) is 7.04. The average Bonchev–Trinajstić information content (AvgIpc) is 3.49. The van der Waals surface area contributed by atoms with Crippen LogP contribution >= 0.6 is 39.1 Å². The number of halogens is 3. The summed E-state index contributed by atoms with van der Waals surface area (Å²) in [4.78, 5) is 59.6. The molecule has 2 atom stereocenters. The molecule has 15 heteroatoms. The first-order chi connectivity index (χ1) is 29.1. The van der Waals surface area contributed by atoms with E-state index in [9.17, 15) is 19.2 Å². The number of benzene rings is 6. The summed E-state index contributed by atoms with van der Waals surface area (Å²) in [6.07, 6.45) is -2.21. The van der Waals surface area contributed by atoms with Gasteiger partial charge < -0.3 is 31.9 Å². The molecule has 300 valence electrons. The molecule has 6 aromatic carbocycles. The Morgan fingerprint density at radius 1 is 0.583 bits per heavy atom. The number of aliphatic imine (C=N–C) groups is 2. The summed E-state index contributed by atoms with van der Waals surface area (Å²) in [6, 6.07) is 45.3. The van der Waals surface area contributed by atoms with Gasteiger partial charge in [0.05, 0.1) is 38.5 Å². The van der Waals surface area contributed by atoms with Crippen LogP contribution in [0.3, 0.4) is 0 Å². The first-order valence-corrected chi connectivity index (χ1v) is 20.0. The highest BCUT2D eigenvalue weighted by Crippen LogP contribution is 2.30. The molecule has 60 heavy (non-hydrogen) atoms. The minimum Gasteiger partial charge on any atom is -0.334 e. The van der Waals surface area contributed by atoms with Crippen molar-refractivity contribution in [1.82, 2.24) is 16.0 Å². The summed E-state index contributed by atoms with van der Waals surface area (Å²) >= 11 is 15.5. The molecular weight excluding hydrogens is 867 g/mol. The molecule has 0 radical (unpaired) electrons. The second-order valence-corrected chi connectivity index (χ2v) is 14.9. The summed E-state index contributed by atoms with van der Waals surface area (Å²) in [6.45, 7) is 0.336. The van der Waals surface area contributed by atoms with Crippen LogP contribution in [0.5, 0.6) is 0 Å². The molecule has 0 saturated carbocycles. The fourth-order valence-corrected chi connectivity index (χ4v) is 6.82. The van der Waals surface area contributed by atoms with Gasteiger partial charge in [0.1, 0.15) is 0 Å². The van der Waals surface area contributed by atoms with Gasteiger partial charge in [0, 0.05) is 33.3 Å². The van der Waals surface area contributed by atoms with Gasteiger partial charge in [-0.15, -0.1) is 0 Å². The molecule has 8 rings (SSSR count). The zero-order valence-electron chi connectivity index (χ0n) is 31.5. The van der Waals surface area contributed by atoms with Crippen LogP contribution in [0.2, 0.25) is 10.0 Å². The third-order valence-corrected chi connectivity index (χ3v) is 10.4. The molecule has 0 spiro atoms. The topological polar surface area (TPSA) is 165 Å². The van der Waals surface area contributed by atoms with Crippen LogP contribution in [0, 0.1) is 0 Å². The second kappa shape index (κ2) is 19.3. The van der Waals surface area contributed by atoms with Crippen molar-refractivity contribution in [2.24, 2.45) is 9.98 Å². The number of nitrogens with zero attached hydrogens (tertiary/aromatic N) is 2. The van der Waals surface area contributed by atoms with Crippen LogP contribution in [-0.2, 0) is 16.1 Å². The van der Waals surface area contributed by atoms with Gasteiger partial charge in [-0.25, -0.2) is 19.6 Å². The van der Waals surface area contributed by atoms with E-state index in [4.69, 9.17) is 23.2 Å². The smallest absolute Gasteiger partial charge is 0.321 e. The van der Waals surface area contributed by atoms with Crippen molar-refractivity contribution < 1.29 is 19.2 Å². The van der Waals surface area contributed by atoms with Crippen molar-refractivity contribution >= 4 is 91.5 Å². The number of urea groups is 2. The molecule has 0 aliphatic carbocycles. The fourth-order valence-electron chi connectivity index (χ4n) is 6.20. The molecule has 6 amide bonds. The second-order valence-electron chi connectivity index (χ2n) is 13.2. The van der Waals surface area contributed by atoms with Gasteiger partial charge in [-0.3, -0.25) is 9.59 Å². The van der Waals surface area contributed by atoms with Gasteiger partial charge in [-0.05, 0) is 42.0 Å². The number of nitrogens with one attached hydrogen (secondary N) is 6. The molecule has 12 nitrogen and oxygen atoms in total. The highest BCUT2D eigenvalue weighted by molar-refractivity contribution is 9.10. The maximum atomic E-state index is 12.8. The average molecular weight is 903 g/mol. The SMILES string of the molecule is O=C(NCc1ccc(Br)cc1)NC1N=C(c2ccccc2)c2ccccc2NC1=O.O=C(Nc1cccc(Cl)c1Cl)NC1N=C(c2ccccc2)c2ccccc2NC1=O. The van der Waals surface area contributed by atoms with Gasteiger partial charge in [0.25, 0.3) is 11.8 Å². The number of hydrogen-bond acceptors (Lipinski definition) is 6. The Hall–Kier alpha value is -6.80. The number of fused-ring (bicyclic) bond motifs is 2. The molecule has 2 aliphatic rings. The van der Waals surface area contributed by atoms with E-state index < -0.39 is 36.2 Å². The predicted octanol–water partition coefficient (Wildman–Crippen LogP) is 8.99. The van der Waals surface area contributed by atoms with E-state index in [1.165, 1.54) is 0 Å². The number of amides is 6. The highest BCUT2D eigenvalue weighted by atomic mass is 79.9. The Bertz CT molecular complexity index is 2610.